The van der Waals surface area contributed by atoms with Crippen molar-refractivity contribution < 1.29 is 75.8 Å². The fraction of sp³-hybridized carbons (Fsp3) is 0.708. The number of rotatable bonds is 28. The van der Waals surface area contributed by atoms with Gasteiger partial charge in [-0.1, -0.05) is 58.3 Å². The number of methoxy groups -OCH3 is 3. The molecule has 7 atom stereocenters. The van der Waals surface area contributed by atoms with Crippen molar-refractivity contribution in [3.05, 3.63) is 35.0 Å². The van der Waals surface area contributed by atoms with Crippen LogP contribution in [-0.4, -0.2) is 161 Å². The molecule has 2 fully saturated rings. The molecule has 408 valence electrons. The fourth-order valence-electron chi connectivity index (χ4n) is 6.23. The Morgan fingerprint density at radius 2 is 1.15 bits per heavy atom. The summed E-state index contributed by atoms with van der Waals surface area (Å²) in [7, 11) is 6.03. The van der Waals surface area contributed by atoms with E-state index in [9.17, 15) is 38.4 Å². The monoisotopic (exact) mass is 1020 g/mol. The first-order valence-corrected chi connectivity index (χ1v) is 23.8. The van der Waals surface area contributed by atoms with Crippen LogP contribution in [0.2, 0.25) is 0 Å². The number of carbonyl (C=O) groups excluding carboxylic acids is 8. The molecule has 0 unspecified atom stereocenters. The van der Waals surface area contributed by atoms with Gasteiger partial charge in [-0.15, -0.1) is 0 Å². The topological polar surface area (TPSA) is 337 Å². The summed E-state index contributed by atoms with van der Waals surface area (Å²) in [5.74, 6) is -1.47. The highest BCUT2D eigenvalue weighted by Crippen LogP contribution is 2.30. The Labute approximate surface area is 422 Å². The first-order valence-electron chi connectivity index (χ1n) is 23.8. The number of carbonyl (C=O) groups is 8. The molecule has 0 aromatic carbocycles. The summed E-state index contributed by atoms with van der Waals surface area (Å²) in [6, 6.07) is -0.219. The van der Waals surface area contributed by atoms with Crippen molar-refractivity contribution in [2.24, 2.45) is 23.5 Å². The van der Waals surface area contributed by atoms with Gasteiger partial charge in [0, 0.05) is 53.6 Å². The minimum atomic E-state index is -1.08. The van der Waals surface area contributed by atoms with E-state index in [0.29, 0.717) is 62.4 Å². The van der Waals surface area contributed by atoms with Crippen LogP contribution < -0.4 is 32.3 Å². The Kier molecular flexibility index (Phi) is 29.0. The van der Waals surface area contributed by atoms with E-state index in [2.05, 4.69) is 62.4 Å². The fourth-order valence-corrected chi connectivity index (χ4v) is 6.23. The zero-order chi connectivity index (χ0) is 54.8. The summed E-state index contributed by atoms with van der Waals surface area (Å²) in [5, 5.41) is 20.1. The molecule has 24 nitrogen and oxygen atoms in total. The average Bonchev–Trinajstić information content (AvgIpc) is 4.13. The van der Waals surface area contributed by atoms with E-state index in [1.165, 1.54) is 26.4 Å². The summed E-state index contributed by atoms with van der Waals surface area (Å²) in [6.07, 6.45) is 2.57. The molecule has 72 heavy (non-hydrogen) atoms. The van der Waals surface area contributed by atoms with Gasteiger partial charge >= 0.3 is 0 Å². The lowest BCUT2D eigenvalue weighted by Gasteiger charge is -2.22. The molecule has 2 saturated heterocycles. The Morgan fingerprint density at radius 3 is 1.57 bits per heavy atom. The van der Waals surface area contributed by atoms with Crippen LogP contribution in [0.5, 0.6) is 0 Å². The van der Waals surface area contributed by atoms with Crippen molar-refractivity contribution in [2.45, 2.75) is 137 Å². The molecule has 2 aliphatic rings. The second-order valence-electron chi connectivity index (χ2n) is 18.6. The average molecular weight is 1030 g/mol. The van der Waals surface area contributed by atoms with Gasteiger partial charge in [0.1, 0.15) is 35.7 Å². The number of ketones is 2. The highest BCUT2D eigenvalue weighted by Gasteiger charge is 2.51. The number of amides is 6. The van der Waals surface area contributed by atoms with Gasteiger partial charge < -0.3 is 69.8 Å². The first-order chi connectivity index (χ1) is 33.8. The first kappa shape index (κ1) is 64.4. The summed E-state index contributed by atoms with van der Waals surface area (Å²) in [5.41, 5.74) is 3.62. The number of nitrogens with two attached hydrogens (primary N) is 1. The third-order valence-corrected chi connectivity index (χ3v) is 10.6. The number of aryl methyl sites for hydroxylation is 1. The predicted octanol–water partition coefficient (Wildman–Crippen LogP) is 1.75. The predicted molar refractivity (Wildman–Crippen MR) is 260 cm³/mol. The molecule has 0 spiro atoms. The Balaban J connectivity index is 0.000000574. The zero-order valence-corrected chi connectivity index (χ0v) is 44.5. The lowest BCUT2D eigenvalue weighted by Crippen LogP contribution is -2.53. The summed E-state index contributed by atoms with van der Waals surface area (Å²) >= 11 is 0. The zero-order valence-electron chi connectivity index (χ0n) is 44.5. The number of primary amides is 1. The standard InChI is InChI=1S/C22H34N4O8.C15H27NO3.C9H13N3O4.C2H6O/c1-6-32-10-14-8-16(26-34-14)21(30)25-17(11-31-5)20(29)23-9-18(27)24-15(7-13(2)3)19(28)22(4)12-33-22;1-6-11(4)8-13(17)16-12(7-10(2)3)14(18)15(5)9-19-15;1-5-3-6(12-16-5)9(14)11-7(4-15-2)8(10)13;1-3-2/h8,13,15,17H,6-7,9-12H2,1-5H3,(H,23,29)(H,24,27)(H,25,30);10-12H,6-9H2,1-5H3,(H,16,17);3,7H,4H2,1-2H3,(H2,10,13)(H,11,14);1-2H3/t15-,17-,22+;11-,12-,15+;7-;/m000./s1. The van der Waals surface area contributed by atoms with Crippen molar-refractivity contribution in [3.63, 3.8) is 0 Å². The van der Waals surface area contributed by atoms with Crippen LogP contribution in [0, 0.1) is 24.7 Å². The van der Waals surface area contributed by atoms with Crippen LogP contribution in [0.1, 0.15) is 120 Å². The number of nitrogens with one attached hydrogen (secondary N) is 5. The van der Waals surface area contributed by atoms with Gasteiger partial charge in [-0.2, -0.15) is 0 Å². The molecule has 2 aliphatic heterocycles. The van der Waals surface area contributed by atoms with E-state index >= 15 is 0 Å². The number of Topliss-reactive ketones (excluding diaryl/α,β-unsaturated/α-hetero) is 2. The molecule has 2 aromatic heterocycles. The number of ether oxygens (including phenoxy) is 6. The second-order valence-corrected chi connectivity index (χ2v) is 18.6. The van der Waals surface area contributed by atoms with Crippen LogP contribution in [0.15, 0.2) is 21.2 Å². The van der Waals surface area contributed by atoms with Crippen LogP contribution >= 0.6 is 0 Å². The molecule has 4 rings (SSSR count). The molecule has 6 amide bonds. The number of epoxide rings is 2. The van der Waals surface area contributed by atoms with Gasteiger partial charge in [0.05, 0.1) is 45.1 Å². The summed E-state index contributed by atoms with van der Waals surface area (Å²) in [6.45, 7) is 20.0. The minimum absolute atomic E-state index is 0.0118. The van der Waals surface area contributed by atoms with Crippen molar-refractivity contribution in [1.82, 2.24) is 36.9 Å². The summed E-state index contributed by atoms with van der Waals surface area (Å²) in [4.78, 5) is 96.9. The van der Waals surface area contributed by atoms with E-state index in [4.69, 9.17) is 38.5 Å². The van der Waals surface area contributed by atoms with Crippen molar-refractivity contribution in [3.8, 4) is 0 Å². The van der Waals surface area contributed by atoms with E-state index in [0.717, 1.165) is 6.42 Å². The van der Waals surface area contributed by atoms with Crippen LogP contribution in [-0.2, 0) is 63.8 Å². The van der Waals surface area contributed by atoms with Gasteiger partial charge in [0.2, 0.25) is 23.6 Å². The lowest BCUT2D eigenvalue weighted by atomic mass is 9.93. The van der Waals surface area contributed by atoms with Gasteiger partial charge in [0.25, 0.3) is 11.8 Å². The largest absolute Gasteiger partial charge is 0.388 e. The molecule has 2 aromatic rings. The molecule has 7 N–H and O–H groups in total. The molecular weight excluding hydrogens is 945 g/mol. The molecule has 24 heteroatoms. The molecular formula is C48H80N8O16. The number of hydrogen-bond acceptors (Lipinski definition) is 18. The highest BCUT2D eigenvalue weighted by atomic mass is 16.6. The van der Waals surface area contributed by atoms with E-state index in [-0.39, 0.29) is 61.1 Å². The van der Waals surface area contributed by atoms with Crippen LogP contribution in [0.4, 0.5) is 0 Å². The maximum Gasteiger partial charge on any atom is 0.274 e. The molecule has 0 aliphatic carbocycles. The van der Waals surface area contributed by atoms with E-state index < -0.39 is 64.9 Å². The Morgan fingerprint density at radius 1 is 0.694 bits per heavy atom. The SMILES string of the molecule is CCOCc1cc(C(=O)N[C@@H](COC)C(=O)NCC(=O)N[C@@H](CC(C)C)C(=O)[C@@]2(C)CO2)no1.CC[C@H](C)CC(=O)N[C@@H](CC(C)C)C(=O)[C@@]1(C)CO1.COC.COC[C@H](NC(=O)c1cc(C)on1)C(N)=O. The van der Waals surface area contributed by atoms with Gasteiger partial charge in [-0.25, -0.2) is 0 Å². The van der Waals surface area contributed by atoms with Crippen molar-refractivity contribution >= 4 is 47.0 Å². The quantitative estimate of drug-likeness (QED) is 0.0661. The maximum absolute atomic E-state index is 12.6. The number of aromatic nitrogens is 2. The highest BCUT2D eigenvalue weighted by molar-refractivity contribution is 5.99. The minimum Gasteiger partial charge on any atom is -0.388 e. The van der Waals surface area contributed by atoms with Crippen LogP contribution in [0.3, 0.4) is 0 Å². The van der Waals surface area contributed by atoms with Crippen molar-refractivity contribution in [1.29, 1.82) is 0 Å². The smallest absolute Gasteiger partial charge is 0.274 e. The van der Waals surface area contributed by atoms with E-state index in [1.807, 2.05) is 27.7 Å². The Bertz CT molecular complexity index is 2030. The number of nitrogens with zero attached hydrogens (tertiary/aromatic N) is 2. The van der Waals surface area contributed by atoms with Gasteiger partial charge in [0.15, 0.2) is 28.7 Å². The third-order valence-electron chi connectivity index (χ3n) is 10.6. The van der Waals surface area contributed by atoms with E-state index in [1.54, 1.807) is 35.0 Å². The maximum atomic E-state index is 12.6. The number of hydrogen-bond donors (Lipinski definition) is 6. The van der Waals surface area contributed by atoms with Crippen LogP contribution in [0.25, 0.3) is 0 Å². The lowest BCUT2D eigenvalue weighted by molar-refractivity contribution is -0.131. The van der Waals surface area contributed by atoms with Gasteiger partial charge in [-0.05, 0) is 58.3 Å². The Hall–Kier alpha value is -5.66. The van der Waals surface area contributed by atoms with Gasteiger partial charge in [-0.3, -0.25) is 38.4 Å². The molecule has 0 saturated carbocycles. The van der Waals surface area contributed by atoms with Crippen molar-refractivity contribution in [2.75, 3.05) is 68.0 Å². The molecule has 0 bridgehead atoms. The normalized spacial score (nSPS) is 18.4. The summed E-state index contributed by atoms with van der Waals surface area (Å²) < 4.78 is 39.4. The molecule has 0 radical (unpaired) electrons. The third kappa shape index (κ3) is 24.2. The molecule has 4 heterocycles. The second kappa shape index (κ2) is 32.4.